The van der Waals surface area contributed by atoms with E-state index in [0.717, 1.165) is 40.9 Å². The van der Waals surface area contributed by atoms with Crippen LogP contribution in [-0.4, -0.2) is 42.2 Å². The lowest BCUT2D eigenvalue weighted by Crippen LogP contribution is -2.38. The number of carbonyl (C=O) groups excluding carboxylic acids is 1. The van der Waals surface area contributed by atoms with Crippen molar-refractivity contribution in [1.29, 1.82) is 0 Å². The van der Waals surface area contributed by atoms with Gasteiger partial charge in [-0.15, -0.1) is 5.10 Å². The van der Waals surface area contributed by atoms with E-state index in [-0.39, 0.29) is 12.4 Å². The van der Waals surface area contributed by atoms with Crippen molar-refractivity contribution in [2.45, 2.75) is 59.0 Å². The SMILES string of the molecule is CC.CCOC(=O)CCCN(N)/N=C(\N)c1ccc(C2=CC(CC)(CCN)Oc3ccccc32)cc1. The van der Waals surface area contributed by atoms with Gasteiger partial charge in [-0.2, -0.15) is 0 Å². The number of nitrogens with zero attached hydrogens (tertiary/aromatic N) is 2. The summed E-state index contributed by atoms with van der Waals surface area (Å²) >= 11 is 0. The zero-order chi connectivity index (χ0) is 26.6. The molecule has 1 atom stereocenters. The number of hydrazone groups is 1. The maximum absolute atomic E-state index is 11.4. The minimum atomic E-state index is -0.429. The molecule has 6 N–H and O–H groups in total. The van der Waals surface area contributed by atoms with Gasteiger partial charge in [0.1, 0.15) is 11.4 Å². The fourth-order valence-electron chi connectivity index (χ4n) is 4.01. The minimum absolute atomic E-state index is 0.244. The van der Waals surface area contributed by atoms with Gasteiger partial charge in [-0.05, 0) is 49.6 Å². The third kappa shape index (κ3) is 7.57. The van der Waals surface area contributed by atoms with E-state index in [0.29, 0.717) is 32.0 Å². The first-order valence-corrected chi connectivity index (χ1v) is 12.8. The topological polar surface area (TPSA) is 129 Å². The molecule has 0 radical (unpaired) electrons. The van der Waals surface area contributed by atoms with E-state index in [1.54, 1.807) is 6.92 Å². The number of fused-ring (bicyclic) bond motifs is 1. The van der Waals surface area contributed by atoms with E-state index < -0.39 is 5.60 Å². The summed E-state index contributed by atoms with van der Waals surface area (Å²) < 4.78 is 11.3. The molecule has 0 bridgehead atoms. The Morgan fingerprint density at radius 3 is 2.44 bits per heavy atom. The average molecular weight is 496 g/mol. The Bertz CT molecular complexity index is 1040. The number of hydrogen-bond acceptors (Lipinski definition) is 7. The van der Waals surface area contributed by atoms with Gasteiger partial charge < -0.3 is 20.9 Å². The average Bonchev–Trinajstić information content (AvgIpc) is 2.89. The number of nitrogens with two attached hydrogens (primary N) is 3. The number of carbonyl (C=O) groups is 1. The van der Waals surface area contributed by atoms with E-state index in [1.807, 2.05) is 56.3 Å². The first-order valence-electron chi connectivity index (χ1n) is 12.8. The predicted molar refractivity (Wildman–Crippen MR) is 146 cm³/mol. The van der Waals surface area contributed by atoms with Gasteiger partial charge in [0.2, 0.25) is 0 Å². The van der Waals surface area contributed by atoms with Gasteiger partial charge in [-0.25, -0.2) is 11.0 Å². The number of benzene rings is 2. The van der Waals surface area contributed by atoms with Crippen LogP contribution in [0.25, 0.3) is 5.57 Å². The molecule has 8 heteroatoms. The lowest BCUT2D eigenvalue weighted by Gasteiger charge is -2.36. The number of ether oxygens (including phenoxy) is 2. The van der Waals surface area contributed by atoms with Crippen molar-refractivity contribution in [2.24, 2.45) is 22.4 Å². The molecule has 8 nitrogen and oxygen atoms in total. The maximum Gasteiger partial charge on any atom is 0.305 e. The normalized spacial score (nSPS) is 16.6. The third-order valence-electron chi connectivity index (χ3n) is 5.87. The van der Waals surface area contributed by atoms with Gasteiger partial charge in [-0.1, -0.05) is 63.2 Å². The summed E-state index contributed by atoms with van der Waals surface area (Å²) in [4.78, 5) is 11.4. The Kier molecular flexibility index (Phi) is 11.4. The summed E-state index contributed by atoms with van der Waals surface area (Å²) in [7, 11) is 0. The van der Waals surface area contributed by atoms with E-state index in [1.165, 1.54) is 5.12 Å². The lowest BCUT2D eigenvalue weighted by molar-refractivity contribution is -0.143. The molecule has 0 saturated carbocycles. The van der Waals surface area contributed by atoms with Gasteiger partial charge in [0, 0.05) is 24.0 Å². The molecule has 1 aliphatic heterocycles. The number of esters is 1. The first-order chi connectivity index (χ1) is 17.4. The minimum Gasteiger partial charge on any atom is -0.482 e. The molecular weight excluding hydrogens is 454 g/mol. The van der Waals surface area contributed by atoms with Crippen molar-refractivity contribution < 1.29 is 14.3 Å². The van der Waals surface area contributed by atoms with E-state index in [4.69, 9.17) is 26.8 Å². The molecule has 196 valence electrons. The van der Waals surface area contributed by atoms with Crippen molar-refractivity contribution >= 4 is 17.4 Å². The van der Waals surface area contributed by atoms with Crippen LogP contribution < -0.4 is 22.0 Å². The van der Waals surface area contributed by atoms with Crippen molar-refractivity contribution in [3.8, 4) is 5.75 Å². The molecule has 1 aliphatic rings. The molecular formula is C28H41N5O3. The second kappa shape index (κ2) is 14.3. The van der Waals surface area contributed by atoms with Gasteiger partial charge in [-0.3, -0.25) is 4.79 Å². The molecule has 0 amide bonds. The summed E-state index contributed by atoms with van der Waals surface area (Å²) in [6.07, 6.45) is 4.57. The predicted octanol–water partition coefficient (Wildman–Crippen LogP) is 4.17. The number of rotatable bonds is 11. The van der Waals surface area contributed by atoms with Crippen molar-refractivity contribution in [2.75, 3.05) is 19.7 Å². The molecule has 0 aromatic heterocycles. The van der Waals surface area contributed by atoms with Crippen LogP contribution in [0.2, 0.25) is 0 Å². The van der Waals surface area contributed by atoms with Crippen LogP contribution in [0, 0.1) is 0 Å². The molecule has 2 aromatic rings. The fraction of sp³-hybridized carbons (Fsp3) is 0.429. The van der Waals surface area contributed by atoms with Crippen molar-refractivity contribution in [1.82, 2.24) is 5.12 Å². The van der Waals surface area contributed by atoms with Crippen LogP contribution >= 0.6 is 0 Å². The van der Waals surface area contributed by atoms with Crippen molar-refractivity contribution in [3.05, 3.63) is 71.3 Å². The molecule has 0 fully saturated rings. The number of para-hydroxylation sites is 1. The van der Waals surface area contributed by atoms with Crippen LogP contribution in [0.15, 0.2) is 59.7 Å². The highest BCUT2D eigenvalue weighted by atomic mass is 16.5. The monoisotopic (exact) mass is 495 g/mol. The summed E-state index contributed by atoms with van der Waals surface area (Å²) in [5.74, 6) is 6.85. The van der Waals surface area contributed by atoms with E-state index in [9.17, 15) is 4.79 Å². The maximum atomic E-state index is 11.4. The Morgan fingerprint density at radius 1 is 1.11 bits per heavy atom. The Morgan fingerprint density at radius 2 is 1.81 bits per heavy atom. The van der Waals surface area contributed by atoms with Crippen LogP contribution in [0.5, 0.6) is 5.75 Å². The number of hydrazine groups is 1. The standard InChI is InChI=1S/C26H35N5O3.C2H6/c1-3-26(15-16-27)18-22(21-8-5-6-9-23(21)34-26)19-11-13-20(14-12-19)25(28)30-31(29)17-7-10-24(32)33-4-2;1-2/h5-6,8-9,11-14,18H,3-4,7,10,15-17,27,29H2,1-2H3,(H2,28,30);1-2H3. The molecule has 0 spiro atoms. The number of amidine groups is 1. The third-order valence-corrected chi connectivity index (χ3v) is 5.87. The smallest absolute Gasteiger partial charge is 0.305 e. The molecule has 0 aliphatic carbocycles. The summed E-state index contributed by atoms with van der Waals surface area (Å²) in [6, 6.07) is 16.0. The molecule has 1 heterocycles. The number of hydrogen-bond donors (Lipinski definition) is 3. The lowest BCUT2D eigenvalue weighted by atomic mass is 9.85. The van der Waals surface area contributed by atoms with Crippen LogP contribution in [0.3, 0.4) is 0 Å². The molecule has 2 aromatic carbocycles. The van der Waals surface area contributed by atoms with Crippen LogP contribution in [0.4, 0.5) is 0 Å². The second-order valence-electron chi connectivity index (χ2n) is 8.25. The molecule has 1 unspecified atom stereocenters. The van der Waals surface area contributed by atoms with Gasteiger partial charge in [0.15, 0.2) is 5.84 Å². The van der Waals surface area contributed by atoms with E-state index in [2.05, 4.69) is 24.2 Å². The largest absolute Gasteiger partial charge is 0.482 e. The molecule has 3 rings (SSSR count). The van der Waals surface area contributed by atoms with Crippen LogP contribution in [0.1, 0.15) is 70.1 Å². The first kappa shape index (κ1) is 28.9. The van der Waals surface area contributed by atoms with Gasteiger partial charge in [0.05, 0.1) is 13.2 Å². The van der Waals surface area contributed by atoms with Crippen molar-refractivity contribution in [3.63, 3.8) is 0 Å². The zero-order valence-corrected chi connectivity index (χ0v) is 22.0. The fourth-order valence-corrected chi connectivity index (χ4v) is 4.01. The highest BCUT2D eigenvalue weighted by molar-refractivity contribution is 5.98. The summed E-state index contributed by atoms with van der Waals surface area (Å²) in [6.45, 7) is 9.20. The Hall–Kier alpha value is -3.36. The Balaban J connectivity index is 0.00000222. The zero-order valence-electron chi connectivity index (χ0n) is 22.0. The van der Waals surface area contributed by atoms with Crippen LogP contribution in [-0.2, 0) is 9.53 Å². The van der Waals surface area contributed by atoms with Gasteiger partial charge >= 0.3 is 5.97 Å². The highest BCUT2D eigenvalue weighted by Crippen LogP contribution is 2.41. The molecule has 36 heavy (non-hydrogen) atoms. The molecule has 0 saturated heterocycles. The second-order valence-corrected chi connectivity index (χ2v) is 8.25. The quantitative estimate of drug-likeness (QED) is 0.140. The van der Waals surface area contributed by atoms with Gasteiger partial charge in [0.25, 0.3) is 0 Å². The summed E-state index contributed by atoms with van der Waals surface area (Å²) in [5.41, 5.74) is 15.6. The Labute approximate surface area is 215 Å². The van der Waals surface area contributed by atoms with E-state index >= 15 is 0 Å². The summed E-state index contributed by atoms with van der Waals surface area (Å²) in [5, 5.41) is 5.49. The highest BCUT2D eigenvalue weighted by Gasteiger charge is 2.33.